The van der Waals surface area contributed by atoms with E-state index in [1.54, 1.807) is 0 Å². The molecule has 1 aromatic heterocycles. The molecule has 0 saturated carbocycles. The van der Waals surface area contributed by atoms with Gasteiger partial charge in [0.25, 0.3) is 0 Å². The predicted octanol–water partition coefficient (Wildman–Crippen LogP) is 1.58. The van der Waals surface area contributed by atoms with Gasteiger partial charge < -0.3 is 20.1 Å². The minimum absolute atomic E-state index is 0.669. The summed E-state index contributed by atoms with van der Waals surface area (Å²) in [7, 11) is 0. The standard InChI is InChI=1S/C18H33N5O2/c1-3-19-18(21-8-9-23-14-16(2)13-22-23)20-7-4-10-25-15-17-5-11-24-12-6-17/h13-14,17H,3-12,15H2,1-2H3,(H2,19,20,21). The van der Waals surface area contributed by atoms with Gasteiger partial charge in [0.05, 0.1) is 12.7 Å². The normalized spacial score (nSPS) is 16.2. The monoisotopic (exact) mass is 351 g/mol. The molecule has 7 nitrogen and oxygen atoms in total. The highest BCUT2D eigenvalue weighted by Crippen LogP contribution is 2.14. The second-order valence-electron chi connectivity index (χ2n) is 6.45. The van der Waals surface area contributed by atoms with Crippen molar-refractivity contribution < 1.29 is 9.47 Å². The second-order valence-corrected chi connectivity index (χ2v) is 6.45. The summed E-state index contributed by atoms with van der Waals surface area (Å²) in [6.07, 6.45) is 7.12. The summed E-state index contributed by atoms with van der Waals surface area (Å²) in [5, 5.41) is 10.9. The quantitative estimate of drug-likeness (QED) is 0.380. The minimum Gasteiger partial charge on any atom is -0.381 e. The molecule has 7 heteroatoms. The molecular formula is C18H33N5O2. The number of nitrogens with one attached hydrogen (secondary N) is 2. The Labute approximate surface area is 151 Å². The fraction of sp³-hybridized carbons (Fsp3) is 0.778. The maximum atomic E-state index is 5.78. The van der Waals surface area contributed by atoms with E-state index in [9.17, 15) is 0 Å². The molecule has 25 heavy (non-hydrogen) atoms. The molecule has 2 heterocycles. The fourth-order valence-corrected chi connectivity index (χ4v) is 2.74. The summed E-state index contributed by atoms with van der Waals surface area (Å²) in [6, 6.07) is 0. The molecule has 2 rings (SSSR count). The zero-order valence-electron chi connectivity index (χ0n) is 15.7. The summed E-state index contributed by atoms with van der Waals surface area (Å²) in [5.41, 5.74) is 1.18. The number of aryl methyl sites for hydroxylation is 1. The lowest BCUT2D eigenvalue weighted by molar-refractivity contribution is 0.0205. The van der Waals surface area contributed by atoms with Gasteiger partial charge in [-0.05, 0) is 44.6 Å². The Morgan fingerprint density at radius 1 is 1.40 bits per heavy atom. The summed E-state index contributed by atoms with van der Waals surface area (Å²) in [5.74, 6) is 1.53. The van der Waals surface area contributed by atoms with Crippen LogP contribution in [-0.2, 0) is 16.0 Å². The molecule has 0 spiro atoms. The maximum absolute atomic E-state index is 5.78. The highest BCUT2D eigenvalue weighted by molar-refractivity contribution is 5.79. The number of ether oxygens (including phenoxy) is 2. The van der Waals surface area contributed by atoms with Crippen LogP contribution in [-0.4, -0.2) is 61.8 Å². The first kappa shape index (κ1) is 19.7. The molecule has 0 radical (unpaired) electrons. The Kier molecular flexibility index (Phi) is 9.36. The zero-order chi connectivity index (χ0) is 17.7. The van der Waals surface area contributed by atoms with E-state index in [1.165, 1.54) is 5.56 Å². The van der Waals surface area contributed by atoms with E-state index < -0.39 is 0 Å². The van der Waals surface area contributed by atoms with Gasteiger partial charge in [0.15, 0.2) is 5.96 Å². The van der Waals surface area contributed by atoms with Crippen LogP contribution in [0.15, 0.2) is 17.4 Å². The fourth-order valence-electron chi connectivity index (χ4n) is 2.74. The molecule has 0 aliphatic carbocycles. The van der Waals surface area contributed by atoms with E-state index in [-0.39, 0.29) is 0 Å². The predicted molar refractivity (Wildman–Crippen MR) is 99.9 cm³/mol. The van der Waals surface area contributed by atoms with Gasteiger partial charge in [0.1, 0.15) is 0 Å². The second kappa shape index (κ2) is 11.9. The van der Waals surface area contributed by atoms with Gasteiger partial charge in [-0.25, -0.2) is 0 Å². The molecular weight excluding hydrogens is 318 g/mol. The van der Waals surface area contributed by atoms with Crippen LogP contribution in [0.25, 0.3) is 0 Å². The number of rotatable bonds is 10. The van der Waals surface area contributed by atoms with Crippen LogP contribution in [0.5, 0.6) is 0 Å². The van der Waals surface area contributed by atoms with Crippen LogP contribution in [0.3, 0.4) is 0 Å². The number of aliphatic imine (C=N–C) groups is 1. The summed E-state index contributed by atoms with van der Waals surface area (Å²) in [6.45, 7) is 10.8. The Bertz CT molecular complexity index is 497. The number of aromatic nitrogens is 2. The van der Waals surface area contributed by atoms with Gasteiger partial charge in [-0.2, -0.15) is 5.10 Å². The Morgan fingerprint density at radius 2 is 2.24 bits per heavy atom. The van der Waals surface area contributed by atoms with Crippen molar-refractivity contribution in [2.75, 3.05) is 46.1 Å². The molecule has 0 atom stereocenters. The summed E-state index contributed by atoms with van der Waals surface area (Å²) < 4.78 is 13.1. The lowest BCUT2D eigenvalue weighted by atomic mass is 10.0. The average molecular weight is 351 g/mol. The molecule has 2 N–H and O–H groups in total. The maximum Gasteiger partial charge on any atom is 0.191 e. The van der Waals surface area contributed by atoms with Gasteiger partial charge >= 0.3 is 0 Å². The third-order valence-corrected chi connectivity index (χ3v) is 4.15. The summed E-state index contributed by atoms with van der Waals surface area (Å²) in [4.78, 5) is 4.60. The van der Waals surface area contributed by atoms with Crippen LogP contribution in [0, 0.1) is 12.8 Å². The van der Waals surface area contributed by atoms with Crippen LogP contribution < -0.4 is 10.6 Å². The average Bonchev–Trinajstić information content (AvgIpc) is 3.04. The van der Waals surface area contributed by atoms with E-state index in [1.807, 2.05) is 24.0 Å². The molecule has 142 valence electrons. The van der Waals surface area contributed by atoms with Crippen molar-refractivity contribution in [2.24, 2.45) is 10.9 Å². The topological polar surface area (TPSA) is 72.7 Å². The van der Waals surface area contributed by atoms with Gasteiger partial charge in [0.2, 0.25) is 0 Å². The SMILES string of the molecule is CCNC(=NCCCOCC1CCOCC1)NCCn1cc(C)cn1. The highest BCUT2D eigenvalue weighted by Gasteiger charge is 2.13. The van der Waals surface area contributed by atoms with Crippen molar-refractivity contribution in [3.05, 3.63) is 18.0 Å². The van der Waals surface area contributed by atoms with E-state index in [0.717, 1.165) is 77.8 Å². The van der Waals surface area contributed by atoms with Crippen molar-refractivity contribution in [3.8, 4) is 0 Å². The molecule has 0 aromatic carbocycles. The largest absolute Gasteiger partial charge is 0.381 e. The molecule has 1 aromatic rings. The van der Waals surface area contributed by atoms with Crippen LogP contribution in [0.1, 0.15) is 31.7 Å². The molecule has 0 bridgehead atoms. The van der Waals surface area contributed by atoms with E-state index in [2.05, 4.69) is 27.6 Å². The van der Waals surface area contributed by atoms with E-state index >= 15 is 0 Å². The summed E-state index contributed by atoms with van der Waals surface area (Å²) >= 11 is 0. The molecule has 1 aliphatic rings. The minimum atomic E-state index is 0.669. The molecule has 1 fully saturated rings. The third kappa shape index (κ3) is 8.36. The molecule has 0 unspecified atom stereocenters. The molecule has 1 saturated heterocycles. The van der Waals surface area contributed by atoms with Crippen LogP contribution >= 0.6 is 0 Å². The number of hydrogen-bond acceptors (Lipinski definition) is 4. The van der Waals surface area contributed by atoms with Crippen molar-refractivity contribution in [2.45, 2.75) is 39.7 Å². The smallest absolute Gasteiger partial charge is 0.191 e. The first-order valence-corrected chi connectivity index (χ1v) is 9.44. The van der Waals surface area contributed by atoms with Crippen molar-refractivity contribution >= 4 is 5.96 Å². The van der Waals surface area contributed by atoms with Gasteiger partial charge in [-0.1, -0.05) is 0 Å². The lowest BCUT2D eigenvalue weighted by Gasteiger charge is -2.21. The van der Waals surface area contributed by atoms with Gasteiger partial charge in [-0.3, -0.25) is 9.67 Å². The lowest BCUT2D eigenvalue weighted by Crippen LogP contribution is -2.39. The van der Waals surface area contributed by atoms with Crippen molar-refractivity contribution in [1.29, 1.82) is 0 Å². The third-order valence-electron chi connectivity index (χ3n) is 4.15. The molecule has 1 aliphatic heterocycles. The van der Waals surface area contributed by atoms with Crippen LogP contribution in [0.2, 0.25) is 0 Å². The van der Waals surface area contributed by atoms with Crippen LogP contribution in [0.4, 0.5) is 0 Å². The van der Waals surface area contributed by atoms with Gasteiger partial charge in [-0.15, -0.1) is 0 Å². The number of hydrogen-bond donors (Lipinski definition) is 2. The Balaban J connectivity index is 1.56. The Hall–Kier alpha value is -1.60. The first-order chi connectivity index (χ1) is 12.3. The van der Waals surface area contributed by atoms with Gasteiger partial charge in [0, 0.05) is 52.3 Å². The van der Waals surface area contributed by atoms with E-state index in [0.29, 0.717) is 5.92 Å². The van der Waals surface area contributed by atoms with E-state index in [4.69, 9.17) is 9.47 Å². The molecule has 0 amide bonds. The number of guanidine groups is 1. The zero-order valence-corrected chi connectivity index (χ0v) is 15.7. The Morgan fingerprint density at radius 3 is 2.96 bits per heavy atom. The first-order valence-electron chi connectivity index (χ1n) is 9.44. The van der Waals surface area contributed by atoms with Crippen molar-refractivity contribution in [1.82, 2.24) is 20.4 Å². The highest BCUT2D eigenvalue weighted by atomic mass is 16.5. The number of nitrogens with zero attached hydrogens (tertiary/aromatic N) is 3. The van der Waals surface area contributed by atoms with Crippen molar-refractivity contribution in [3.63, 3.8) is 0 Å².